The van der Waals surface area contributed by atoms with Gasteiger partial charge in [-0.1, -0.05) is 37.6 Å². The summed E-state index contributed by atoms with van der Waals surface area (Å²) in [7, 11) is 3.56. The standard InChI is InChI=1S/C18H29N3O.HI/c1-4-18(10-7-11-18)14-21-17(19-2)20-12-15-8-5-6-9-16(15)13-22-3;/h5-6,8-9H,4,7,10-14H2,1-3H3,(H2,19,20,21);1H. The van der Waals surface area contributed by atoms with Crippen molar-refractivity contribution >= 4 is 29.9 Å². The number of aliphatic imine (C=N–C) groups is 1. The molecule has 1 aliphatic carbocycles. The van der Waals surface area contributed by atoms with E-state index >= 15 is 0 Å². The lowest BCUT2D eigenvalue weighted by molar-refractivity contribution is 0.131. The first kappa shape index (κ1) is 20.2. The van der Waals surface area contributed by atoms with Gasteiger partial charge < -0.3 is 15.4 Å². The number of hydrogen-bond acceptors (Lipinski definition) is 2. The van der Waals surface area contributed by atoms with Crippen LogP contribution in [0.5, 0.6) is 0 Å². The monoisotopic (exact) mass is 431 g/mol. The Hall–Kier alpha value is -0.820. The van der Waals surface area contributed by atoms with Gasteiger partial charge in [-0.25, -0.2) is 0 Å². The molecule has 2 N–H and O–H groups in total. The molecule has 0 atom stereocenters. The van der Waals surface area contributed by atoms with Crippen molar-refractivity contribution in [3.05, 3.63) is 35.4 Å². The lowest BCUT2D eigenvalue weighted by atomic mass is 9.67. The molecule has 1 aromatic carbocycles. The zero-order valence-electron chi connectivity index (χ0n) is 14.5. The first-order chi connectivity index (χ1) is 10.7. The number of halogens is 1. The fraction of sp³-hybridized carbons (Fsp3) is 0.611. The molecule has 0 unspecified atom stereocenters. The Morgan fingerprint density at radius 3 is 2.43 bits per heavy atom. The number of methoxy groups -OCH3 is 1. The van der Waals surface area contributed by atoms with Gasteiger partial charge in [0.15, 0.2) is 5.96 Å². The molecule has 1 fully saturated rings. The fourth-order valence-corrected chi connectivity index (χ4v) is 3.03. The van der Waals surface area contributed by atoms with Crippen LogP contribution in [-0.4, -0.2) is 26.7 Å². The number of hydrogen-bond donors (Lipinski definition) is 2. The van der Waals surface area contributed by atoms with Gasteiger partial charge in [-0.2, -0.15) is 0 Å². The molecule has 23 heavy (non-hydrogen) atoms. The number of nitrogens with zero attached hydrogens (tertiary/aromatic N) is 1. The Bertz CT molecular complexity index is 495. The Morgan fingerprint density at radius 2 is 1.91 bits per heavy atom. The number of ether oxygens (including phenoxy) is 1. The smallest absolute Gasteiger partial charge is 0.191 e. The highest BCUT2D eigenvalue weighted by atomic mass is 127. The summed E-state index contributed by atoms with van der Waals surface area (Å²) in [5.41, 5.74) is 2.96. The quantitative estimate of drug-likeness (QED) is 0.393. The van der Waals surface area contributed by atoms with Crippen molar-refractivity contribution in [3.63, 3.8) is 0 Å². The maximum Gasteiger partial charge on any atom is 0.191 e. The van der Waals surface area contributed by atoms with Gasteiger partial charge in [0, 0.05) is 27.2 Å². The summed E-state index contributed by atoms with van der Waals surface area (Å²) in [5.74, 6) is 0.881. The molecule has 0 radical (unpaired) electrons. The van der Waals surface area contributed by atoms with Crippen molar-refractivity contribution in [3.8, 4) is 0 Å². The van der Waals surface area contributed by atoms with Crippen molar-refractivity contribution in [2.24, 2.45) is 10.4 Å². The molecule has 2 rings (SSSR count). The van der Waals surface area contributed by atoms with Crippen LogP contribution in [0.1, 0.15) is 43.7 Å². The molecular weight excluding hydrogens is 401 g/mol. The first-order valence-corrected chi connectivity index (χ1v) is 8.23. The SMILES string of the molecule is CCC1(CNC(=NC)NCc2ccccc2COC)CCC1.I. The molecular formula is C18H30IN3O. The van der Waals surface area contributed by atoms with E-state index in [1.165, 1.54) is 36.8 Å². The third kappa shape index (κ3) is 5.64. The highest BCUT2D eigenvalue weighted by Crippen LogP contribution is 2.42. The maximum absolute atomic E-state index is 5.26. The molecule has 0 aromatic heterocycles. The van der Waals surface area contributed by atoms with Gasteiger partial charge in [-0.15, -0.1) is 24.0 Å². The van der Waals surface area contributed by atoms with Gasteiger partial charge in [-0.3, -0.25) is 4.99 Å². The molecule has 0 heterocycles. The van der Waals surface area contributed by atoms with E-state index in [1.807, 2.05) is 13.1 Å². The topological polar surface area (TPSA) is 45.7 Å². The van der Waals surface area contributed by atoms with Crippen molar-refractivity contribution < 1.29 is 4.74 Å². The van der Waals surface area contributed by atoms with Crippen LogP contribution in [0.4, 0.5) is 0 Å². The van der Waals surface area contributed by atoms with E-state index in [2.05, 4.69) is 40.7 Å². The van der Waals surface area contributed by atoms with Crippen molar-refractivity contribution in [1.29, 1.82) is 0 Å². The van der Waals surface area contributed by atoms with Crippen LogP contribution in [0.2, 0.25) is 0 Å². The maximum atomic E-state index is 5.26. The minimum absolute atomic E-state index is 0. The summed E-state index contributed by atoms with van der Waals surface area (Å²) in [6, 6.07) is 8.35. The summed E-state index contributed by atoms with van der Waals surface area (Å²) < 4.78 is 5.26. The van der Waals surface area contributed by atoms with Crippen LogP contribution in [0.3, 0.4) is 0 Å². The normalized spacial score (nSPS) is 16.2. The van der Waals surface area contributed by atoms with E-state index in [-0.39, 0.29) is 24.0 Å². The third-order valence-electron chi connectivity index (χ3n) is 4.88. The largest absolute Gasteiger partial charge is 0.380 e. The van der Waals surface area contributed by atoms with Crippen molar-refractivity contribution in [1.82, 2.24) is 10.6 Å². The average Bonchev–Trinajstić information content (AvgIpc) is 2.51. The van der Waals surface area contributed by atoms with Gasteiger partial charge >= 0.3 is 0 Å². The van der Waals surface area contributed by atoms with Gasteiger partial charge in [0.1, 0.15) is 0 Å². The minimum atomic E-state index is 0. The van der Waals surface area contributed by atoms with Crippen molar-refractivity contribution in [2.75, 3.05) is 20.7 Å². The molecule has 1 aliphatic rings. The fourth-order valence-electron chi connectivity index (χ4n) is 3.03. The van der Waals surface area contributed by atoms with Crippen molar-refractivity contribution in [2.45, 2.75) is 45.8 Å². The zero-order chi connectivity index (χ0) is 15.8. The second-order valence-electron chi connectivity index (χ2n) is 6.19. The molecule has 130 valence electrons. The van der Waals surface area contributed by atoms with Crippen LogP contribution in [0.25, 0.3) is 0 Å². The predicted octanol–water partition coefficient (Wildman–Crippen LogP) is 3.70. The lowest BCUT2D eigenvalue weighted by Crippen LogP contribution is -2.46. The van der Waals surface area contributed by atoms with Gasteiger partial charge in [0.2, 0.25) is 0 Å². The van der Waals surface area contributed by atoms with Gasteiger partial charge in [0.05, 0.1) is 6.61 Å². The molecule has 0 aliphatic heterocycles. The van der Waals surface area contributed by atoms with E-state index in [0.717, 1.165) is 19.0 Å². The van der Waals surface area contributed by atoms with E-state index in [9.17, 15) is 0 Å². The second kappa shape index (κ2) is 10.1. The second-order valence-corrected chi connectivity index (χ2v) is 6.19. The zero-order valence-corrected chi connectivity index (χ0v) is 16.9. The molecule has 0 spiro atoms. The average molecular weight is 431 g/mol. The first-order valence-electron chi connectivity index (χ1n) is 8.23. The molecule has 1 saturated carbocycles. The minimum Gasteiger partial charge on any atom is -0.380 e. The summed E-state index contributed by atoms with van der Waals surface area (Å²) >= 11 is 0. The van der Waals surface area contributed by atoms with E-state index in [1.54, 1.807) is 7.11 Å². The van der Waals surface area contributed by atoms with E-state index in [0.29, 0.717) is 12.0 Å². The van der Waals surface area contributed by atoms with Gasteiger partial charge in [0.25, 0.3) is 0 Å². The summed E-state index contributed by atoms with van der Waals surface area (Å²) in [6.07, 6.45) is 5.29. The Morgan fingerprint density at radius 1 is 1.22 bits per heavy atom. The molecule has 5 heteroatoms. The molecule has 0 bridgehead atoms. The van der Waals surface area contributed by atoms with E-state index in [4.69, 9.17) is 4.74 Å². The number of rotatable bonds is 7. The summed E-state index contributed by atoms with van der Waals surface area (Å²) in [4.78, 5) is 4.34. The number of guanidine groups is 1. The molecule has 4 nitrogen and oxygen atoms in total. The summed E-state index contributed by atoms with van der Waals surface area (Å²) in [5, 5.41) is 6.91. The highest BCUT2D eigenvalue weighted by Gasteiger charge is 2.34. The van der Waals surface area contributed by atoms with Gasteiger partial charge in [-0.05, 0) is 35.8 Å². The van der Waals surface area contributed by atoms with Crippen LogP contribution in [-0.2, 0) is 17.9 Å². The summed E-state index contributed by atoms with van der Waals surface area (Å²) in [6.45, 7) is 4.71. The van der Waals surface area contributed by atoms with Crippen LogP contribution >= 0.6 is 24.0 Å². The Labute approximate surface area is 157 Å². The van der Waals surface area contributed by atoms with Crippen LogP contribution in [0.15, 0.2) is 29.3 Å². The third-order valence-corrected chi connectivity index (χ3v) is 4.88. The number of benzene rings is 1. The van der Waals surface area contributed by atoms with Crippen LogP contribution < -0.4 is 10.6 Å². The number of nitrogens with one attached hydrogen (secondary N) is 2. The highest BCUT2D eigenvalue weighted by molar-refractivity contribution is 14.0. The molecule has 1 aromatic rings. The van der Waals surface area contributed by atoms with E-state index < -0.39 is 0 Å². The van der Waals surface area contributed by atoms with Crippen LogP contribution in [0, 0.1) is 5.41 Å². The molecule has 0 amide bonds. The Kier molecular flexibility index (Phi) is 8.91. The predicted molar refractivity (Wildman–Crippen MR) is 107 cm³/mol. The Balaban J connectivity index is 0.00000264. The lowest BCUT2D eigenvalue weighted by Gasteiger charge is -2.41. The molecule has 0 saturated heterocycles.